The van der Waals surface area contributed by atoms with Gasteiger partial charge in [0.2, 0.25) is 18.0 Å². The smallest absolute Gasteiger partial charge is 0.407 e. The molecule has 0 radical (unpaired) electrons. The van der Waals surface area contributed by atoms with E-state index in [0.717, 1.165) is 81.7 Å². The number of rotatable bonds is 12. The predicted molar refractivity (Wildman–Crippen MR) is 245 cm³/mol. The molecule has 2 saturated heterocycles. The molecule has 3 aromatic carbocycles. The molecule has 3 aliphatic heterocycles. The maximum atomic E-state index is 13.9. The van der Waals surface area contributed by atoms with E-state index in [2.05, 4.69) is 73.7 Å². The molecule has 4 N–H and O–H groups in total. The van der Waals surface area contributed by atoms with Crippen LogP contribution in [0.25, 0.3) is 44.7 Å². The zero-order chi connectivity index (χ0) is 46.2. The molecule has 3 aliphatic rings. The molecule has 344 valence electrons. The Labute approximate surface area is 382 Å². The summed E-state index contributed by atoms with van der Waals surface area (Å²) >= 11 is 0. The van der Waals surface area contributed by atoms with E-state index >= 15 is 0 Å². The van der Waals surface area contributed by atoms with Gasteiger partial charge in [0.25, 0.3) is 0 Å². The van der Waals surface area contributed by atoms with Crippen molar-refractivity contribution >= 4 is 34.9 Å². The van der Waals surface area contributed by atoms with E-state index < -0.39 is 36.6 Å². The number of aromatic nitrogens is 5. The number of nitrogens with zero attached hydrogens (tertiary/aromatic N) is 5. The number of carbonyl (C=O) groups excluding carboxylic acids is 4. The highest BCUT2D eigenvalue weighted by molar-refractivity contribution is 5.93. The number of nitrogens with one attached hydrogen (secondary N) is 4. The lowest BCUT2D eigenvalue weighted by molar-refractivity contribution is -0.137. The fourth-order valence-electron chi connectivity index (χ4n) is 9.56. The topological polar surface area (TPSA) is 198 Å². The lowest BCUT2D eigenvalue weighted by atomic mass is 10.0. The van der Waals surface area contributed by atoms with Crippen molar-refractivity contribution in [1.82, 2.24) is 44.9 Å². The fourth-order valence-corrected chi connectivity index (χ4v) is 9.56. The minimum atomic E-state index is -0.922. The van der Waals surface area contributed by atoms with Crippen LogP contribution in [0.1, 0.15) is 82.0 Å². The molecular formula is C49H55N9O8. The van der Waals surface area contributed by atoms with Gasteiger partial charge in [-0.2, -0.15) is 0 Å². The van der Waals surface area contributed by atoms with Crippen molar-refractivity contribution in [3.8, 4) is 39.5 Å². The van der Waals surface area contributed by atoms with Crippen LogP contribution >= 0.6 is 0 Å². The van der Waals surface area contributed by atoms with Crippen LogP contribution in [0.5, 0.6) is 5.75 Å². The van der Waals surface area contributed by atoms with Crippen LogP contribution in [0.15, 0.2) is 85.2 Å². The predicted octanol–water partition coefficient (Wildman–Crippen LogP) is 7.49. The third kappa shape index (κ3) is 8.23. The van der Waals surface area contributed by atoms with Crippen molar-refractivity contribution in [2.45, 2.75) is 83.0 Å². The molecule has 17 heteroatoms. The summed E-state index contributed by atoms with van der Waals surface area (Å²) in [6.45, 7) is 6.62. The molecule has 6 heterocycles. The number of hydrogen-bond donors (Lipinski definition) is 4. The summed E-state index contributed by atoms with van der Waals surface area (Å²) in [6.07, 6.45) is 4.29. The largest absolute Gasteiger partial charge is 0.465 e. The first-order chi connectivity index (χ1) is 32.0. The van der Waals surface area contributed by atoms with E-state index in [0.29, 0.717) is 24.7 Å². The average Bonchev–Trinajstić information content (AvgIpc) is 4.20. The van der Waals surface area contributed by atoms with Crippen LogP contribution in [0.2, 0.25) is 0 Å². The van der Waals surface area contributed by atoms with Gasteiger partial charge in [-0.3, -0.25) is 9.59 Å². The Hall–Kier alpha value is -7.14. The summed E-state index contributed by atoms with van der Waals surface area (Å²) in [5.41, 5.74) is 7.35. The number of aromatic amines is 2. The highest BCUT2D eigenvalue weighted by atomic mass is 16.5. The number of methoxy groups -OCH3 is 3. The third-order valence-electron chi connectivity index (χ3n) is 13.1. The van der Waals surface area contributed by atoms with E-state index in [1.807, 2.05) is 38.1 Å². The number of ether oxygens (including phenoxy) is 4. The van der Waals surface area contributed by atoms with E-state index in [9.17, 15) is 19.2 Å². The van der Waals surface area contributed by atoms with Gasteiger partial charge in [-0.25, -0.2) is 19.6 Å². The molecule has 0 aliphatic carbocycles. The van der Waals surface area contributed by atoms with Gasteiger partial charge in [0.15, 0.2) is 0 Å². The number of carbonyl (C=O) groups is 4. The Bertz CT molecular complexity index is 2760. The quantitative estimate of drug-likeness (QED) is 0.0955. The molecule has 3 aromatic heterocycles. The van der Waals surface area contributed by atoms with Crippen molar-refractivity contribution in [2.75, 3.05) is 34.4 Å². The second kappa shape index (κ2) is 18.4. The number of fused-ring (bicyclic) bond motifs is 5. The molecule has 9 rings (SSSR count). The Morgan fingerprint density at radius 2 is 1.30 bits per heavy atom. The van der Waals surface area contributed by atoms with Crippen molar-refractivity contribution in [3.05, 3.63) is 102 Å². The summed E-state index contributed by atoms with van der Waals surface area (Å²) in [6, 6.07) is 22.6. The van der Waals surface area contributed by atoms with E-state index in [1.54, 1.807) is 29.1 Å². The Kier molecular flexibility index (Phi) is 12.3. The van der Waals surface area contributed by atoms with Gasteiger partial charge in [0.1, 0.15) is 29.5 Å². The molecule has 4 amide bonds. The minimum absolute atomic E-state index is 0.135. The van der Waals surface area contributed by atoms with Gasteiger partial charge < -0.3 is 53.9 Å². The number of benzene rings is 3. The number of likely N-dealkylation sites (tertiary alicyclic amines) is 2. The minimum Gasteiger partial charge on any atom is -0.465 e. The van der Waals surface area contributed by atoms with Crippen LogP contribution in [-0.4, -0.2) is 111 Å². The van der Waals surface area contributed by atoms with Gasteiger partial charge in [0, 0.05) is 47.8 Å². The van der Waals surface area contributed by atoms with E-state index in [4.69, 9.17) is 28.9 Å². The van der Waals surface area contributed by atoms with E-state index in [-0.39, 0.29) is 29.8 Å². The molecular weight excluding hydrogens is 843 g/mol. The molecule has 0 bridgehead atoms. The highest BCUT2D eigenvalue weighted by Crippen LogP contribution is 2.46. The molecule has 6 aromatic rings. The number of imidazole rings is 2. The van der Waals surface area contributed by atoms with Crippen molar-refractivity contribution < 1.29 is 38.1 Å². The molecule has 2 fully saturated rings. The zero-order valence-electron chi connectivity index (χ0n) is 37.9. The van der Waals surface area contributed by atoms with Gasteiger partial charge in [-0.15, -0.1) is 0 Å². The number of hydrogen-bond acceptors (Lipinski definition) is 10. The maximum absolute atomic E-state index is 13.9. The zero-order valence-corrected chi connectivity index (χ0v) is 37.9. The van der Waals surface area contributed by atoms with Crippen LogP contribution < -0.4 is 15.4 Å². The number of H-pyrrole nitrogens is 2. The monoisotopic (exact) mass is 897 g/mol. The Morgan fingerprint density at radius 1 is 0.727 bits per heavy atom. The van der Waals surface area contributed by atoms with Crippen molar-refractivity contribution in [2.24, 2.45) is 5.92 Å². The van der Waals surface area contributed by atoms with Crippen LogP contribution in [0.4, 0.5) is 9.59 Å². The second-order valence-electron chi connectivity index (χ2n) is 17.4. The van der Waals surface area contributed by atoms with Gasteiger partial charge in [0.05, 0.1) is 67.4 Å². The summed E-state index contributed by atoms with van der Waals surface area (Å²) in [5.74, 6) is 1.52. The second-order valence-corrected chi connectivity index (χ2v) is 17.4. The number of amides is 4. The maximum Gasteiger partial charge on any atom is 0.407 e. The summed E-state index contributed by atoms with van der Waals surface area (Å²) in [5, 5.41) is 6.37. The molecule has 0 unspecified atom stereocenters. The molecule has 0 saturated carbocycles. The first-order valence-electron chi connectivity index (χ1n) is 22.4. The Morgan fingerprint density at radius 3 is 1.89 bits per heavy atom. The van der Waals surface area contributed by atoms with Crippen molar-refractivity contribution in [3.63, 3.8) is 0 Å². The van der Waals surface area contributed by atoms with Gasteiger partial charge >= 0.3 is 12.2 Å². The lowest BCUT2D eigenvalue weighted by Crippen LogP contribution is -2.54. The fraction of sp³-hybridized carbons (Fsp3) is 0.388. The Balaban J connectivity index is 0.999. The van der Waals surface area contributed by atoms with Crippen LogP contribution in [0.3, 0.4) is 0 Å². The van der Waals surface area contributed by atoms with Gasteiger partial charge in [-0.1, -0.05) is 56.3 Å². The molecule has 6 atom stereocenters. The number of alkyl carbamates (subject to hydrolysis) is 2. The highest BCUT2D eigenvalue weighted by Gasteiger charge is 2.40. The lowest BCUT2D eigenvalue weighted by Gasteiger charge is -2.30. The van der Waals surface area contributed by atoms with Crippen LogP contribution in [0, 0.1) is 5.92 Å². The van der Waals surface area contributed by atoms with E-state index in [1.165, 1.54) is 21.3 Å². The summed E-state index contributed by atoms with van der Waals surface area (Å²) in [7, 11) is 4.05. The SMILES string of the molecule is COC(=O)N[C@H](C(=O)N1CCC[C@H]1c1ncc(-c2ccc3c(c2)O[C@@H](c2ccccc2)n2c-3cc3cc(-c4cnc([C@@H]5CCCN5C(=O)[C@@H](NC(=O)OC)[C@@H](C)OC)[nH]4)ccc32)[nH]1)C(C)C. The average molecular weight is 898 g/mol. The third-order valence-corrected chi connectivity index (χ3v) is 13.1. The van der Waals surface area contributed by atoms with Crippen LogP contribution in [-0.2, 0) is 23.8 Å². The first-order valence-corrected chi connectivity index (χ1v) is 22.4. The summed E-state index contributed by atoms with van der Waals surface area (Å²) < 4.78 is 24.2. The molecule has 17 nitrogen and oxygen atoms in total. The first kappa shape index (κ1) is 44.1. The molecule has 0 spiro atoms. The van der Waals surface area contributed by atoms with Crippen molar-refractivity contribution in [1.29, 1.82) is 0 Å². The summed E-state index contributed by atoms with van der Waals surface area (Å²) in [4.78, 5) is 72.0. The normalized spacial score (nSPS) is 19.2. The van der Waals surface area contributed by atoms with Gasteiger partial charge in [-0.05, 0) is 68.9 Å². The molecule has 66 heavy (non-hydrogen) atoms. The standard InChI is InChI=1S/C49H55N9O8/c1-27(2)41(54-48(61)64-5)45(59)56-20-10-14-37(56)43-51-26-35(53-43)31-16-18-33-39-23-32-22-30(17-19-36(32)58(39)47(66-40(33)24-31)29-12-8-7-9-13-29)34-25-50-44(52-34)38-15-11-21-57(38)46(60)42(28(3)63-4)55-49(62)65-6/h7-9,12-13,16-19,22-28,37-38,41-42,47H,10-11,14-15,20-21H2,1-6H3,(H,50,52)(H,51,53)(H,54,61)(H,55,62)/t28-,37+,38+,41+,42+,47+/m1/s1.